The second-order valence-electron chi connectivity index (χ2n) is 8.10. The zero-order valence-electron chi connectivity index (χ0n) is 19.9. The number of benzene rings is 3. The molecule has 7 nitrogen and oxygen atoms in total. The number of carbonyl (C=O) groups excluding carboxylic acids is 3. The van der Waals surface area contributed by atoms with Crippen molar-refractivity contribution in [2.24, 2.45) is 0 Å². The molecule has 1 saturated heterocycles. The average molecular weight is 649 g/mol. The normalized spacial score (nSPS) is 14.3. The molecule has 4 rings (SSSR count). The summed E-state index contributed by atoms with van der Waals surface area (Å²) in [7, 11) is 1.53. The van der Waals surface area contributed by atoms with Gasteiger partial charge in [-0.3, -0.25) is 19.3 Å². The smallest absolute Gasteiger partial charge is 0.294 e. The number of methoxy groups -OCH3 is 1. The Hall–Kier alpha value is -3.02. The molecule has 1 heterocycles. The Balaban J connectivity index is 1.43. The van der Waals surface area contributed by atoms with Crippen molar-refractivity contribution in [3.8, 4) is 11.5 Å². The molecule has 3 aromatic rings. The molecule has 3 aromatic carbocycles. The minimum atomic E-state index is -0.536. The largest absolute Gasteiger partial charge is 0.493 e. The molecule has 37 heavy (non-hydrogen) atoms. The molecule has 10 heteroatoms. The second kappa shape index (κ2) is 12.0. The van der Waals surface area contributed by atoms with Crippen molar-refractivity contribution >= 4 is 74.8 Å². The van der Waals surface area contributed by atoms with Gasteiger partial charge < -0.3 is 14.8 Å². The van der Waals surface area contributed by atoms with Gasteiger partial charge in [-0.05, 0) is 100 Å². The van der Waals surface area contributed by atoms with Crippen LogP contribution in [0.2, 0.25) is 5.02 Å². The third-order valence-electron chi connectivity index (χ3n) is 5.44. The zero-order chi connectivity index (χ0) is 26.5. The minimum absolute atomic E-state index is 0.214. The number of aryl methyl sites for hydroxylation is 1. The molecule has 1 aliphatic heterocycles. The van der Waals surface area contributed by atoms with E-state index >= 15 is 0 Å². The molecule has 190 valence electrons. The topological polar surface area (TPSA) is 84.9 Å². The molecule has 0 saturated carbocycles. The lowest BCUT2D eigenvalue weighted by atomic mass is 10.1. The third kappa shape index (κ3) is 6.85. The number of hydrogen-bond acceptors (Lipinski definition) is 6. The lowest BCUT2D eigenvalue weighted by molar-refractivity contribution is -0.127. The summed E-state index contributed by atoms with van der Waals surface area (Å²) in [4.78, 5) is 39.0. The van der Waals surface area contributed by atoms with E-state index in [4.69, 9.17) is 21.1 Å². The number of imide groups is 1. The van der Waals surface area contributed by atoms with Crippen LogP contribution in [-0.4, -0.2) is 35.6 Å². The van der Waals surface area contributed by atoms with Gasteiger partial charge in [-0.1, -0.05) is 35.9 Å². The summed E-state index contributed by atoms with van der Waals surface area (Å²) in [6, 6.07) is 18.4. The number of nitrogens with zero attached hydrogens (tertiary/aromatic N) is 1. The highest BCUT2D eigenvalue weighted by atomic mass is 127. The van der Waals surface area contributed by atoms with E-state index < -0.39 is 23.6 Å². The Labute approximate surface area is 237 Å². The lowest BCUT2D eigenvalue weighted by Crippen LogP contribution is -2.36. The fraction of sp³-hybridized carbons (Fsp3) is 0.148. The van der Waals surface area contributed by atoms with Crippen LogP contribution >= 0.6 is 46.0 Å². The van der Waals surface area contributed by atoms with Gasteiger partial charge in [0.2, 0.25) is 5.91 Å². The van der Waals surface area contributed by atoms with Gasteiger partial charge in [-0.25, -0.2) is 0 Å². The number of ether oxygens (including phenoxy) is 2. The van der Waals surface area contributed by atoms with Crippen LogP contribution in [0.15, 0.2) is 65.6 Å². The Bertz CT molecular complexity index is 1390. The summed E-state index contributed by atoms with van der Waals surface area (Å²) in [5, 5.41) is 2.66. The maximum atomic E-state index is 12.9. The number of halogens is 2. The highest BCUT2D eigenvalue weighted by Crippen LogP contribution is 2.35. The van der Waals surface area contributed by atoms with Gasteiger partial charge in [0.1, 0.15) is 13.2 Å². The first-order valence-electron chi connectivity index (χ1n) is 11.1. The lowest BCUT2D eigenvalue weighted by Gasteiger charge is -2.14. The van der Waals surface area contributed by atoms with Crippen molar-refractivity contribution in [1.29, 1.82) is 0 Å². The van der Waals surface area contributed by atoms with Gasteiger partial charge in [0.05, 0.1) is 12.0 Å². The Morgan fingerprint density at radius 2 is 1.84 bits per heavy atom. The van der Waals surface area contributed by atoms with Crippen molar-refractivity contribution in [2.45, 2.75) is 13.5 Å². The van der Waals surface area contributed by atoms with Crippen molar-refractivity contribution in [2.75, 3.05) is 19.0 Å². The number of rotatable bonds is 8. The quantitative estimate of drug-likeness (QED) is 0.221. The van der Waals surface area contributed by atoms with Crippen molar-refractivity contribution in [3.63, 3.8) is 0 Å². The van der Waals surface area contributed by atoms with Gasteiger partial charge in [0, 0.05) is 14.3 Å². The maximum absolute atomic E-state index is 12.9. The minimum Gasteiger partial charge on any atom is -0.493 e. The van der Waals surface area contributed by atoms with E-state index in [1.807, 2.05) is 31.2 Å². The number of amides is 3. The number of carbonyl (C=O) groups is 3. The van der Waals surface area contributed by atoms with Crippen molar-refractivity contribution in [1.82, 2.24) is 4.90 Å². The summed E-state index contributed by atoms with van der Waals surface area (Å²) in [5.74, 6) is 0.0187. The van der Waals surface area contributed by atoms with Crippen LogP contribution in [-0.2, 0) is 16.2 Å². The van der Waals surface area contributed by atoms with Crippen LogP contribution in [0.25, 0.3) is 6.08 Å². The first-order valence-corrected chi connectivity index (χ1v) is 13.4. The van der Waals surface area contributed by atoms with Gasteiger partial charge in [-0.2, -0.15) is 0 Å². The van der Waals surface area contributed by atoms with Crippen molar-refractivity contribution < 1.29 is 23.9 Å². The highest BCUT2D eigenvalue weighted by Gasteiger charge is 2.36. The molecule has 1 fully saturated rings. The summed E-state index contributed by atoms with van der Waals surface area (Å²) < 4.78 is 12.5. The van der Waals surface area contributed by atoms with Gasteiger partial charge >= 0.3 is 0 Å². The van der Waals surface area contributed by atoms with E-state index in [2.05, 4.69) is 27.9 Å². The van der Waals surface area contributed by atoms with Gasteiger partial charge in [0.15, 0.2) is 11.5 Å². The standard InChI is InChI=1S/C27H22ClIN2O5S/c1-16-3-7-19(28)13-21(16)30-25(32)14-31-26(33)24(37-27(31)34)12-18-6-10-22(23(11-18)35-2)36-15-17-4-8-20(29)9-5-17/h3-13H,14-15H2,1-2H3,(H,30,32)/b24-12-. The second-order valence-corrected chi connectivity index (χ2v) is 10.8. The molecule has 0 aliphatic carbocycles. The SMILES string of the molecule is COc1cc(/C=C2\SC(=O)N(CC(=O)Nc3cc(Cl)ccc3C)C2=O)ccc1OCc1ccc(I)cc1. The Kier molecular flexibility index (Phi) is 8.78. The van der Waals surface area contributed by atoms with Gasteiger partial charge in [0.25, 0.3) is 11.1 Å². The van der Waals surface area contributed by atoms with Crippen LogP contribution < -0.4 is 14.8 Å². The predicted octanol–water partition coefficient (Wildman–Crippen LogP) is 6.52. The molecule has 3 amide bonds. The first-order chi connectivity index (χ1) is 17.7. The summed E-state index contributed by atoms with van der Waals surface area (Å²) in [6.45, 7) is 1.80. The highest BCUT2D eigenvalue weighted by molar-refractivity contribution is 14.1. The third-order valence-corrected chi connectivity index (χ3v) is 7.30. The molecule has 0 bridgehead atoms. The van der Waals surface area contributed by atoms with E-state index in [0.29, 0.717) is 34.4 Å². The van der Waals surface area contributed by atoms with Crippen LogP contribution in [0.1, 0.15) is 16.7 Å². The zero-order valence-corrected chi connectivity index (χ0v) is 23.6. The van der Waals surface area contributed by atoms with Crippen LogP contribution in [0.4, 0.5) is 10.5 Å². The fourth-order valence-corrected chi connectivity index (χ4v) is 4.85. The Morgan fingerprint density at radius 1 is 1.08 bits per heavy atom. The van der Waals surface area contributed by atoms with Crippen LogP contribution in [0, 0.1) is 10.5 Å². The van der Waals surface area contributed by atoms with E-state index in [1.165, 1.54) is 7.11 Å². The summed E-state index contributed by atoms with van der Waals surface area (Å²) >= 11 is 9.03. The molecule has 0 radical (unpaired) electrons. The monoisotopic (exact) mass is 648 g/mol. The van der Waals surface area contributed by atoms with E-state index in [0.717, 1.165) is 31.4 Å². The van der Waals surface area contributed by atoms with Gasteiger partial charge in [-0.15, -0.1) is 0 Å². The van der Waals surface area contributed by atoms with E-state index in [1.54, 1.807) is 42.5 Å². The first kappa shape index (κ1) is 27.0. The Morgan fingerprint density at radius 3 is 2.57 bits per heavy atom. The number of nitrogens with one attached hydrogen (secondary N) is 1. The average Bonchev–Trinajstić information content (AvgIpc) is 3.13. The van der Waals surface area contributed by atoms with E-state index in [9.17, 15) is 14.4 Å². The molecule has 0 aromatic heterocycles. The maximum Gasteiger partial charge on any atom is 0.294 e. The fourth-order valence-electron chi connectivity index (χ4n) is 3.48. The summed E-state index contributed by atoms with van der Waals surface area (Å²) in [6.07, 6.45) is 1.59. The number of anilines is 1. The number of hydrogen-bond donors (Lipinski definition) is 1. The molecule has 1 aliphatic rings. The molecule has 0 unspecified atom stereocenters. The number of thioether (sulfide) groups is 1. The van der Waals surface area contributed by atoms with Crippen molar-refractivity contribution in [3.05, 3.63) is 90.9 Å². The molecule has 1 N–H and O–H groups in total. The summed E-state index contributed by atoms with van der Waals surface area (Å²) in [5.41, 5.74) is 3.01. The van der Waals surface area contributed by atoms with E-state index in [-0.39, 0.29) is 4.91 Å². The van der Waals surface area contributed by atoms with Crippen LogP contribution in [0.3, 0.4) is 0 Å². The molecule has 0 atom stereocenters. The molecule has 0 spiro atoms. The predicted molar refractivity (Wildman–Crippen MR) is 154 cm³/mol. The molecular formula is C27H22ClIN2O5S. The molecular weight excluding hydrogens is 627 g/mol. The van der Waals surface area contributed by atoms with Crippen LogP contribution in [0.5, 0.6) is 11.5 Å².